The molecule has 3 heteroatoms. The second-order valence-electron chi connectivity index (χ2n) is 3.94. The van der Waals surface area contributed by atoms with Crippen LogP contribution >= 0.6 is 0 Å². The summed E-state index contributed by atoms with van der Waals surface area (Å²) in [5, 5.41) is 0. The maximum atomic E-state index is 5.87. The van der Waals surface area contributed by atoms with Crippen molar-refractivity contribution in [3.8, 4) is 0 Å². The van der Waals surface area contributed by atoms with Gasteiger partial charge in [0.05, 0.1) is 12.6 Å². The highest BCUT2D eigenvalue weighted by atomic mass is 15.2. The number of rotatable bonds is 3. The Morgan fingerprint density at radius 1 is 1.40 bits per heavy atom. The van der Waals surface area contributed by atoms with Crippen molar-refractivity contribution in [1.82, 2.24) is 4.90 Å². The number of benzene rings is 1. The van der Waals surface area contributed by atoms with Crippen LogP contribution in [0.4, 0.5) is 0 Å². The van der Waals surface area contributed by atoms with Gasteiger partial charge in [0, 0.05) is 13.1 Å². The highest BCUT2D eigenvalue weighted by Crippen LogP contribution is 2.10. The Bertz CT molecular complexity index is 343. The topological polar surface area (TPSA) is 41.6 Å². The van der Waals surface area contributed by atoms with Gasteiger partial charge in [-0.15, -0.1) is 0 Å². The zero-order chi connectivity index (χ0) is 10.7. The Labute approximate surface area is 90.6 Å². The van der Waals surface area contributed by atoms with Crippen molar-refractivity contribution in [3.05, 3.63) is 35.9 Å². The average Bonchev–Trinajstić information content (AvgIpc) is 2.67. The van der Waals surface area contributed by atoms with Gasteiger partial charge in [0.2, 0.25) is 0 Å². The summed E-state index contributed by atoms with van der Waals surface area (Å²) in [7, 11) is 0. The third kappa shape index (κ3) is 2.36. The molecule has 15 heavy (non-hydrogen) atoms. The van der Waals surface area contributed by atoms with Crippen LogP contribution in [0.5, 0.6) is 0 Å². The molecular weight excluding hydrogens is 186 g/mol. The fourth-order valence-electron chi connectivity index (χ4n) is 1.90. The number of hydrogen-bond acceptors (Lipinski definition) is 3. The van der Waals surface area contributed by atoms with Crippen LogP contribution in [-0.2, 0) is 6.54 Å². The molecule has 2 rings (SSSR count). The Kier molecular flexibility index (Phi) is 3.02. The van der Waals surface area contributed by atoms with Gasteiger partial charge in [0.1, 0.15) is 5.84 Å². The van der Waals surface area contributed by atoms with Crippen molar-refractivity contribution >= 4 is 5.84 Å². The molecule has 0 saturated carbocycles. The molecule has 0 fully saturated rings. The lowest BCUT2D eigenvalue weighted by atomic mass is 10.2. The monoisotopic (exact) mass is 203 g/mol. The maximum Gasteiger partial charge on any atom is 0.116 e. The highest BCUT2D eigenvalue weighted by Gasteiger charge is 2.19. The number of nitrogens with two attached hydrogens (primary N) is 1. The number of nitrogens with zero attached hydrogens (tertiary/aromatic N) is 2. The van der Waals surface area contributed by atoms with E-state index in [0.29, 0.717) is 0 Å². The van der Waals surface area contributed by atoms with E-state index in [1.54, 1.807) is 0 Å². The summed E-state index contributed by atoms with van der Waals surface area (Å²) in [5.41, 5.74) is 7.18. The molecule has 1 atom stereocenters. The smallest absolute Gasteiger partial charge is 0.116 e. The van der Waals surface area contributed by atoms with Gasteiger partial charge < -0.3 is 10.6 Å². The van der Waals surface area contributed by atoms with Gasteiger partial charge in [0.25, 0.3) is 0 Å². The Balaban J connectivity index is 2.04. The lowest BCUT2D eigenvalue weighted by molar-refractivity contribution is 0.440. The number of hydrogen-bond donors (Lipinski definition) is 1. The average molecular weight is 203 g/mol. The maximum absolute atomic E-state index is 5.87. The molecule has 0 aromatic heterocycles. The molecule has 1 unspecified atom stereocenters. The van der Waals surface area contributed by atoms with Crippen LogP contribution in [0.1, 0.15) is 12.5 Å². The minimum atomic E-state index is 0.0382. The van der Waals surface area contributed by atoms with Crippen LogP contribution in [0, 0.1) is 0 Å². The Morgan fingerprint density at radius 2 is 2.13 bits per heavy atom. The largest absolute Gasteiger partial charge is 0.353 e. The molecule has 1 heterocycles. The minimum absolute atomic E-state index is 0.0382. The Morgan fingerprint density at radius 3 is 2.80 bits per heavy atom. The Hall–Kier alpha value is -1.35. The number of aliphatic imine (C=N–C) groups is 1. The van der Waals surface area contributed by atoms with Gasteiger partial charge in [-0.1, -0.05) is 30.3 Å². The van der Waals surface area contributed by atoms with E-state index < -0.39 is 0 Å². The fourth-order valence-corrected chi connectivity index (χ4v) is 1.90. The van der Waals surface area contributed by atoms with Crippen molar-refractivity contribution in [2.75, 3.05) is 13.1 Å². The minimum Gasteiger partial charge on any atom is -0.353 e. The van der Waals surface area contributed by atoms with E-state index in [-0.39, 0.29) is 6.04 Å². The molecule has 1 aromatic carbocycles. The van der Waals surface area contributed by atoms with Crippen LogP contribution in [0.3, 0.4) is 0 Å². The second-order valence-corrected chi connectivity index (χ2v) is 3.94. The van der Waals surface area contributed by atoms with Crippen LogP contribution < -0.4 is 5.73 Å². The zero-order valence-corrected chi connectivity index (χ0v) is 9.06. The molecule has 1 aliphatic heterocycles. The first-order valence-electron chi connectivity index (χ1n) is 5.36. The molecule has 1 aliphatic rings. The first kappa shape index (κ1) is 10.2. The standard InChI is InChI=1S/C12H17N3/c1-10(13)12-14-7-8-15(12)9-11-5-3-2-4-6-11/h2-6,10H,7-9,13H2,1H3. The van der Waals surface area contributed by atoms with E-state index in [1.165, 1.54) is 5.56 Å². The van der Waals surface area contributed by atoms with E-state index in [4.69, 9.17) is 5.73 Å². The molecule has 0 spiro atoms. The van der Waals surface area contributed by atoms with Crippen LogP contribution in [0.25, 0.3) is 0 Å². The lowest BCUT2D eigenvalue weighted by Crippen LogP contribution is -2.39. The van der Waals surface area contributed by atoms with E-state index in [2.05, 4.69) is 34.2 Å². The lowest BCUT2D eigenvalue weighted by Gasteiger charge is -2.22. The normalized spacial score (nSPS) is 17.7. The third-order valence-electron chi connectivity index (χ3n) is 2.59. The molecule has 3 nitrogen and oxygen atoms in total. The van der Waals surface area contributed by atoms with Crippen molar-refractivity contribution in [2.24, 2.45) is 10.7 Å². The van der Waals surface area contributed by atoms with Crippen LogP contribution in [0.2, 0.25) is 0 Å². The molecule has 80 valence electrons. The quantitative estimate of drug-likeness (QED) is 0.803. The molecular formula is C12H17N3. The van der Waals surface area contributed by atoms with Crippen molar-refractivity contribution in [1.29, 1.82) is 0 Å². The third-order valence-corrected chi connectivity index (χ3v) is 2.59. The summed E-state index contributed by atoms with van der Waals surface area (Å²) in [4.78, 5) is 6.69. The van der Waals surface area contributed by atoms with E-state index in [9.17, 15) is 0 Å². The molecule has 0 saturated heterocycles. The summed E-state index contributed by atoms with van der Waals surface area (Å²) < 4.78 is 0. The summed E-state index contributed by atoms with van der Waals surface area (Å²) in [6.07, 6.45) is 0. The predicted molar refractivity (Wildman–Crippen MR) is 62.8 cm³/mol. The summed E-state index contributed by atoms with van der Waals surface area (Å²) in [5.74, 6) is 1.04. The molecule has 0 aliphatic carbocycles. The van der Waals surface area contributed by atoms with Gasteiger partial charge in [-0.05, 0) is 12.5 Å². The molecule has 2 N–H and O–H groups in total. The van der Waals surface area contributed by atoms with Crippen molar-refractivity contribution in [3.63, 3.8) is 0 Å². The summed E-state index contributed by atoms with van der Waals surface area (Å²) >= 11 is 0. The predicted octanol–water partition coefficient (Wildman–Crippen LogP) is 1.25. The SMILES string of the molecule is CC(N)C1=NCCN1Cc1ccccc1. The van der Waals surface area contributed by atoms with Crippen LogP contribution in [0.15, 0.2) is 35.3 Å². The molecule has 1 aromatic rings. The molecule has 0 bridgehead atoms. The molecule has 0 radical (unpaired) electrons. The van der Waals surface area contributed by atoms with E-state index >= 15 is 0 Å². The second kappa shape index (κ2) is 4.45. The van der Waals surface area contributed by atoms with Gasteiger partial charge in [-0.2, -0.15) is 0 Å². The van der Waals surface area contributed by atoms with Gasteiger partial charge >= 0.3 is 0 Å². The van der Waals surface area contributed by atoms with E-state index in [1.807, 2.05) is 13.0 Å². The van der Waals surface area contributed by atoms with Crippen LogP contribution in [-0.4, -0.2) is 29.9 Å². The summed E-state index contributed by atoms with van der Waals surface area (Å²) in [6, 6.07) is 10.5. The van der Waals surface area contributed by atoms with Gasteiger partial charge in [0.15, 0.2) is 0 Å². The zero-order valence-electron chi connectivity index (χ0n) is 9.06. The van der Waals surface area contributed by atoms with E-state index in [0.717, 1.165) is 25.5 Å². The summed E-state index contributed by atoms with van der Waals surface area (Å²) in [6.45, 7) is 4.78. The van der Waals surface area contributed by atoms with Crippen molar-refractivity contribution < 1.29 is 0 Å². The van der Waals surface area contributed by atoms with Gasteiger partial charge in [-0.25, -0.2) is 0 Å². The highest BCUT2D eigenvalue weighted by molar-refractivity contribution is 5.88. The number of amidine groups is 1. The first-order valence-corrected chi connectivity index (χ1v) is 5.36. The first-order chi connectivity index (χ1) is 7.27. The molecule has 0 amide bonds. The fraction of sp³-hybridized carbons (Fsp3) is 0.417. The van der Waals surface area contributed by atoms with Crippen molar-refractivity contribution in [2.45, 2.75) is 19.5 Å². The van der Waals surface area contributed by atoms with Gasteiger partial charge in [-0.3, -0.25) is 4.99 Å².